The summed E-state index contributed by atoms with van der Waals surface area (Å²) < 4.78 is 5.02. The van der Waals surface area contributed by atoms with Crippen molar-refractivity contribution in [1.29, 1.82) is 0 Å². The lowest BCUT2D eigenvalue weighted by molar-refractivity contribution is 0.194. The van der Waals surface area contributed by atoms with Crippen LogP contribution in [0.25, 0.3) is 11.1 Å². The van der Waals surface area contributed by atoms with Crippen LogP contribution >= 0.6 is 0 Å². The Hall–Kier alpha value is -1.64. The Morgan fingerprint density at radius 2 is 1.58 bits per heavy atom. The quantitative estimate of drug-likeness (QED) is 0.765. The molecule has 0 saturated heterocycles. The third kappa shape index (κ3) is 4.51. The minimum absolute atomic E-state index is 0.819. The second-order valence-corrected chi connectivity index (χ2v) is 4.59. The molecule has 0 aliphatic rings. The van der Waals surface area contributed by atoms with Crippen LogP contribution in [0, 0.1) is 0 Å². The van der Waals surface area contributed by atoms with Gasteiger partial charge in [-0.2, -0.15) is 0 Å². The molecule has 0 heterocycles. The second kappa shape index (κ2) is 7.72. The predicted octanol–water partition coefficient (Wildman–Crippen LogP) is 3.48. The van der Waals surface area contributed by atoms with E-state index >= 15 is 0 Å². The molecule has 100 valence electrons. The van der Waals surface area contributed by atoms with E-state index in [-0.39, 0.29) is 0 Å². The molecule has 19 heavy (non-hydrogen) atoms. The lowest BCUT2D eigenvalue weighted by Gasteiger charge is -2.06. The van der Waals surface area contributed by atoms with Crippen LogP contribution in [0.4, 0.5) is 0 Å². The predicted molar refractivity (Wildman–Crippen MR) is 80.1 cm³/mol. The monoisotopic (exact) mass is 255 g/mol. The van der Waals surface area contributed by atoms with Gasteiger partial charge in [-0.3, -0.25) is 0 Å². The molecule has 0 spiro atoms. The molecule has 0 fully saturated rings. The molecule has 2 aromatic rings. The van der Waals surface area contributed by atoms with E-state index in [1.165, 1.54) is 16.7 Å². The minimum Gasteiger partial charge on any atom is -0.385 e. The standard InChI is InChI=1S/C17H21NO/c1-19-13-5-12-18-14-15-8-10-17(11-9-15)16-6-3-2-4-7-16/h2-4,6-11,18H,5,12-14H2,1H3. The van der Waals surface area contributed by atoms with Gasteiger partial charge in [0.1, 0.15) is 0 Å². The third-order valence-corrected chi connectivity index (χ3v) is 3.09. The summed E-state index contributed by atoms with van der Waals surface area (Å²) in [4.78, 5) is 0. The summed E-state index contributed by atoms with van der Waals surface area (Å²) in [6.07, 6.45) is 1.05. The maximum Gasteiger partial charge on any atom is 0.0474 e. The second-order valence-electron chi connectivity index (χ2n) is 4.59. The van der Waals surface area contributed by atoms with E-state index in [9.17, 15) is 0 Å². The molecule has 0 amide bonds. The number of ether oxygens (including phenoxy) is 1. The Bertz CT molecular complexity index is 464. The van der Waals surface area contributed by atoms with Gasteiger partial charge in [-0.1, -0.05) is 54.6 Å². The highest BCUT2D eigenvalue weighted by Crippen LogP contribution is 2.19. The van der Waals surface area contributed by atoms with E-state index < -0.39 is 0 Å². The SMILES string of the molecule is COCCCNCc1ccc(-c2ccccc2)cc1. The molecule has 2 rings (SSSR count). The Kier molecular flexibility index (Phi) is 5.60. The maximum absolute atomic E-state index is 5.02. The van der Waals surface area contributed by atoms with Crippen LogP contribution in [0.2, 0.25) is 0 Å². The van der Waals surface area contributed by atoms with Crippen LogP contribution in [0.5, 0.6) is 0 Å². The molecule has 0 unspecified atom stereocenters. The summed E-state index contributed by atoms with van der Waals surface area (Å²) in [5.74, 6) is 0. The fraction of sp³-hybridized carbons (Fsp3) is 0.294. The highest BCUT2D eigenvalue weighted by atomic mass is 16.5. The Labute approximate surface area is 115 Å². The van der Waals surface area contributed by atoms with Crippen LogP contribution in [0.1, 0.15) is 12.0 Å². The van der Waals surface area contributed by atoms with Crippen LogP contribution < -0.4 is 5.32 Å². The van der Waals surface area contributed by atoms with Gasteiger partial charge in [0, 0.05) is 20.3 Å². The van der Waals surface area contributed by atoms with Crippen molar-refractivity contribution in [2.45, 2.75) is 13.0 Å². The highest BCUT2D eigenvalue weighted by Gasteiger charge is 1.97. The van der Waals surface area contributed by atoms with Gasteiger partial charge in [0.2, 0.25) is 0 Å². The van der Waals surface area contributed by atoms with E-state index in [0.717, 1.165) is 26.1 Å². The number of hydrogen-bond donors (Lipinski definition) is 1. The molecule has 0 bridgehead atoms. The van der Waals surface area contributed by atoms with Gasteiger partial charge in [0.05, 0.1) is 0 Å². The van der Waals surface area contributed by atoms with Gasteiger partial charge in [-0.15, -0.1) is 0 Å². The van der Waals surface area contributed by atoms with Gasteiger partial charge in [0.15, 0.2) is 0 Å². The van der Waals surface area contributed by atoms with Crippen LogP contribution in [-0.4, -0.2) is 20.3 Å². The first-order chi connectivity index (χ1) is 9.40. The molecule has 0 aliphatic carbocycles. The fourth-order valence-electron chi connectivity index (χ4n) is 2.02. The Morgan fingerprint density at radius 1 is 0.895 bits per heavy atom. The van der Waals surface area contributed by atoms with E-state index in [1.807, 2.05) is 6.07 Å². The first kappa shape index (κ1) is 13.8. The molecule has 0 saturated carbocycles. The zero-order chi connectivity index (χ0) is 13.3. The molecule has 0 aromatic heterocycles. The van der Waals surface area contributed by atoms with Gasteiger partial charge in [0.25, 0.3) is 0 Å². The van der Waals surface area contributed by atoms with Gasteiger partial charge in [-0.25, -0.2) is 0 Å². The molecule has 0 radical (unpaired) electrons. The minimum atomic E-state index is 0.819. The molecule has 0 aliphatic heterocycles. The highest BCUT2D eigenvalue weighted by molar-refractivity contribution is 5.63. The molecule has 0 atom stereocenters. The molecule has 2 aromatic carbocycles. The summed E-state index contributed by atoms with van der Waals surface area (Å²) in [6.45, 7) is 2.73. The van der Waals surface area contributed by atoms with E-state index in [1.54, 1.807) is 7.11 Å². The maximum atomic E-state index is 5.02. The zero-order valence-corrected chi connectivity index (χ0v) is 11.4. The lowest BCUT2D eigenvalue weighted by Crippen LogP contribution is -2.15. The van der Waals surface area contributed by atoms with Gasteiger partial charge >= 0.3 is 0 Å². The van der Waals surface area contributed by atoms with Crippen molar-refractivity contribution in [3.8, 4) is 11.1 Å². The summed E-state index contributed by atoms with van der Waals surface area (Å²) in [5, 5.41) is 3.42. The first-order valence-corrected chi connectivity index (χ1v) is 6.74. The third-order valence-electron chi connectivity index (χ3n) is 3.09. The smallest absolute Gasteiger partial charge is 0.0474 e. The van der Waals surface area contributed by atoms with Crippen LogP contribution in [-0.2, 0) is 11.3 Å². The molecule has 2 heteroatoms. The number of hydrogen-bond acceptors (Lipinski definition) is 2. The number of rotatable bonds is 7. The van der Waals surface area contributed by atoms with Gasteiger partial charge < -0.3 is 10.1 Å². The Balaban J connectivity index is 1.85. The summed E-state index contributed by atoms with van der Waals surface area (Å²) >= 11 is 0. The van der Waals surface area contributed by atoms with Crippen molar-refractivity contribution in [3.63, 3.8) is 0 Å². The van der Waals surface area contributed by atoms with E-state index in [2.05, 4.69) is 53.8 Å². The summed E-state index contributed by atoms with van der Waals surface area (Å²) in [7, 11) is 1.74. The number of benzene rings is 2. The van der Waals surface area contributed by atoms with E-state index in [0.29, 0.717) is 0 Å². The van der Waals surface area contributed by atoms with Crippen molar-refractivity contribution in [2.24, 2.45) is 0 Å². The number of nitrogens with one attached hydrogen (secondary N) is 1. The van der Waals surface area contributed by atoms with Crippen molar-refractivity contribution >= 4 is 0 Å². The van der Waals surface area contributed by atoms with Gasteiger partial charge in [-0.05, 0) is 29.7 Å². The first-order valence-electron chi connectivity index (χ1n) is 6.74. The van der Waals surface area contributed by atoms with Crippen molar-refractivity contribution < 1.29 is 4.74 Å². The van der Waals surface area contributed by atoms with Crippen molar-refractivity contribution in [2.75, 3.05) is 20.3 Å². The largest absolute Gasteiger partial charge is 0.385 e. The fourth-order valence-corrected chi connectivity index (χ4v) is 2.02. The Morgan fingerprint density at radius 3 is 2.26 bits per heavy atom. The average Bonchev–Trinajstić information content (AvgIpc) is 2.49. The lowest BCUT2D eigenvalue weighted by atomic mass is 10.0. The summed E-state index contributed by atoms with van der Waals surface area (Å²) in [6, 6.07) is 19.2. The molecule has 2 nitrogen and oxygen atoms in total. The zero-order valence-electron chi connectivity index (χ0n) is 11.4. The van der Waals surface area contributed by atoms with Crippen molar-refractivity contribution in [1.82, 2.24) is 5.32 Å². The molecular formula is C17H21NO. The number of methoxy groups -OCH3 is 1. The van der Waals surface area contributed by atoms with Crippen LogP contribution in [0.3, 0.4) is 0 Å². The van der Waals surface area contributed by atoms with Crippen LogP contribution in [0.15, 0.2) is 54.6 Å². The topological polar surface area (TPSA) is 21.3 Å². The van der Waals surface area contributed by atoms with Crippen molar-refractivity contribution in [3.05, 3.63) is 60.2 Å². The average molecular weight is 255 g/mol. The molecule has 1 N–H and O–H groups in total. The summed E-state index contributed by atoms with van der Waals surface area (Å²) in [5.41, 5.74) is 3.85. The van der Waals surface area contributed by atoms with E-state index in [4.69, 9.17) is 4.74 Å². The molecular weight excluding hydrogens is 234 g/mol. The normalized spacial score (nSPS) is 10.6.